The van der Waals surface area contributed by atoms with Crippen LogP contribution >= 0.6 is 11.3 Å². The quantitative estimate of drug-likeness (QED) is 0.618. The van der Waals surface area contributed by atoms with Gasteiger partial charge in [-0.05, 0) is 71.6 Å². The zero-order chi connectivity index (χ0) is 26.2. The first-order valence-corrected chi connectivity index (χ1v) is 14.4. The number of amides is 4. The Morgan fingerprint density at radius 3 is 2.68 bits per heavy atom. The molecule has 10 heteroatoms. The molecule has 3 saturated heterocycles. The molecule has 2 N–H and O–H groups in total. The largest absolute Gasteiger partial charge is 0.340 e. The molecule has 9 nitrogen and oxygen atoms in total. The Kier molecular flexibility index (Phi) is 7.40. The summed E-state index contributed by atoms with van der Waals surface area (Å²) in [6.45, 7) is 10.6. The number of thiophene rings is 1. The van der Waals surface area contributed by atoms with Crippen molar-refractivity contribution < 1.29 is 14.4 Å². The van der Waals surface area contributed by atoms with Crippen LogP contribution in [0.4, 0.5) is 9.80 Å². The van der Waals surface area contributed by atoms with Crippen LogP contribution in [-0.2, 0) is 4.79 Å². The first kappa shape index (κ1) is 25.9. The third kappa shape index (κ3) is 4.93. The van der Waals surface area contributed by atoms with Crippen LogP contribution in [0.5, 0.6) is 0 Å². The van der Waals surface area contributed by atoms with Gasteiger partial charge in [-0.15, -0.1) is 0 Å². The molecule has 1 spiro atoms. The highest BCUT2D eigenvalue weighted by atomic mass is 32.1. The molecule has 37 heavy (non-hydrogen) atoms. The lowest BCUT2D eigenvalue weighted by Gasteiger charge is -2.45. The fourth-order valence-electron chi connectivity index (χ4n) is 6.33. The number of carbonyl (C=O) groups is 3. The number of fused-ring (bicyclic) bond motifs is 1. The van der Waals surface area contributed by atoms with Crippen molar-refractivity contribution in [2.24, 2.45) is 5.41 Å². The molecule has 0 aliphatic carbocycles. The highest BCUT2D eigenvalue weighted by Gasteiger charge is 2.50. The normalized spacial score (nSPS) is 23.4. The van der Waals surface area contributed by atoms with Crippen LogP contribution in [0.1, 0.15) is 63.2 Å². The van der Waals surface area contributed by atoms with Crippen molar-refractivity contribution in [3.05, 3.63) is 23.9 Å². The van der Waals surface area contributed by atoms with Gasteiger partial charge in [0, 0.05) is 56.4 Å². The van der Waals surface area contributed by atoms with Gasteiger partial charge in [0.05, 0.1) is 11.0 Å². The lowest BCUT2D eigenvalue weighted by molar-refractivity contribution is -0.140. The summed E-state index contributed by atoms with van der Waals surface area (Å²) >= 11 is 1.33. The minimum Gasteiger partial charge on any atom is -0.340 e. The van der Waals surface area contributed by atoms with Crippen molar-refractivity contribution in [3.63, 3.8) is 0 Å². The number of aromatic nitrogens is 1. The van der Waals surface area contributed by atoms with Gasteiger partial charge in [-0.1, -0.05) is 11.3 Å². The molecule has 5 rings (SSSR count). The monoisotopic (exact) mass is 526 g/mol. The molecular formula is C27H38N6O3S. The predicted molar refractivity (Wildman–Crippen MR) is 146 cm³/mol. The van der Waals surface area contributed by atoms with Crippen molar-refractivity contribution in [3.8, 4) is 0 Å². The van der Waals surface area contributed by atoms with Gasteiger partial charge in [0.15, 0.2) is 0 Å². The number of anilines is 1. The summed E-state index contributed by atoms with van der Waals surface area (Å²) in [5.74, 6) is 0.281. The molecule has 1 unspecified atom stereocenters. The Balaban J connectivity index is 1.27. The zero-order valence-electron chi connectivity index (χ0n) is 22.1. The highest BCUT2D eigenvalue weighted by molar-refractivity contribution is 7.23. The number of urea groups is 1. The SMILES string of the molecule is CCNC(=O)Nc1sc2ncccc2c1C(=O)N1CCC(N2CCCC3(CCN(C(C)C)C3=O)C2)CC1. The number of nitrogens with one attached hydrogen (secondary N) is 2. The summed E-state index contributed by atoms with van der Waals surface area (Å²) < 4.78 is 0. The molecule has 3 aliphatic heterocycles. The second kappa shape index (κ2) is 10.6. The van der Waals surface area contributed by atoms with Gasteiger partial charge in [-0.25, -0.2) is 9.78 Å². The molecule has 0 bridgehead atoms. The number of piperidine rings is 2. The third-order valence-electron chi connectivity index (χ3n) is 8.29. The van der Waals surface area contributed by atoms with Crippen LogP contribution in [0.3, 0.4) is 0 Å². The molecule has 0 aromatic carbocycles. The lowest BCUT2D eigenvalue weighted by Crippen LogP contribution is -2.54. The van der Waals surface area contributed by atoms with Crippen LogP contribution in [0.25, 0.3) is 10.2 Å². The van der Waals surface area contributed by atoms with E-state index in [2.05, 4.69) is 39.3 Å². The Morgan fingerprint density at radius 1 is 1.19 bits per heavy atom. The van der Waals surface area contributed by atoms with Crippen molar-refractivity contribution in [2.45, 2.75) is 65.0 Å². The van der Waals surface area contributed by atoms with E-state index in [-0.39, 0.29) is 23.4 Å². The van der Waals surface area contributed by atoms with E-state index in [1.54, 1.807) is 6.20 Å². The molecule has 5 heterocycles. The molecule has 2 aromatic rings. The van der Waals surface area contributed by atoms with Gasteiger partial charge in [0.1, 0.15) is 9.83 Å². The van der Waals surface area contributed by atoms with E-state index >= 15 is 0 Å². The smallest absolute Gasteiger partial charge is 0.319 e. The molecule has 200 valence electrons. The Bertz CT molecular complexity index is 1170. The topological polar surface area (TPSA) is 97.9 Å². The van der Waals surface area contributed by atoms with E-state index in [4.69, 9.17) is 0 Å². The number of hydrogen-bond acceptors (Lipinski definition) is 6. The predicted octanol–water partition coefficient (Wildman–Crippen LogP) is 3.77. The van der Waals surface area contributed by atoms with Gasteiger partial charge in [0.25, 0.3) is 5.91 Å². The number of rotatable bonds is 5. The molecule has 3 fully saturated rings. The second-order valence-electron chi connectivity index (χ2n) is 10.9. The summed E-state index contributed by atoms with van der Waals surface area (Å²) in [4.78, 5) is 50.9. The molecule has 3 aliphatic rings. The van der Waals surface area contributed by atoms with E-state index in [0.29, 0.717) is 42.1 Å². The summed E-state index contributed by atoms with van der Waals surface area (Å²) in [5, 5.41) is 6.92. The fourth-order valence-corrected chi connectivity index (χ4v) is 7.36. The van der Waals surface area contributed by atoms with Crippen molar-refractivity contribution >= 4 is 44.4 Å². The third-order valence-corrected chi connectivity index (χ3v) is 9.32. The maximum Gasteiger partial charge on any atom is 0.319 e. The number of hydrogen-bond donors (Lipinski definition) is 2. The number of nitrogens with zero attached hydrogens (tertiary/aromatic N) is 4. The minimum atomic E-state index is -0.321. The van der Waals surface area contributed by atoms with Crippen LogP contribution in [0.15, 0.2) is 18.3 Å². The van der Waals surface area contributed by atoms with Crippen LogP contribution in [0, 0.1) is 5.41 Å². The Hall–Kier alpha value is -2.72. The first-order chi connectivity index (χ1) is 17.8. The van der Waals surface area contributed by atoms with Gasteiger partial charge in [-0.2, -0.15) is 0 Å². The number of likely N-dealkylation sites (tertiary alicyclic amines) is 3. The Labute approximate surface area is 222 Å². The molecule has 0 saturated carbocycles. The molecule has 4 amide bonds. The molecule has 0 radical (unpaired) electrons. The van der Waals surface area contributed by atoms with Crippen LogP contribution < -0.4 is 10.6 Å². The second-order valence-corrected chi connectivity index (χ2v) is 11.9. The maximum absolute atomic E-state index is 13.7. The number of pyridine rings is 1. The standard InChI is InChI=1S/C27H38N6O3S/c1-4-28-26(36)30-23-21(20-7-5-12-29-22(20)37-23)24(34)31-14-8-19(9-15-31)32-13-6-10-27(17-32)11-16-33(18(2)3)25(27)35/h5,7,12,18-19H,4,6,8-11,13-17H2,1-3H3,(H2,28,30,36). The molecule has 1 atom stereocenters. The van der Waals surface area contributed by atoms with E-state index in [9.17, 15) is 14.4 Å². The van der Waals surface area contributed by atoms with Gasteiger partial charge >= 0.3 is 6.03 Å². The van der Waals surface area contributed by atoms with E-state index in [1.807, 2.05) is 24.0 Å². The molecule has 2 aromatic heterocycles. The van der Waals surface area contributed by atoms with Crippen molar-refractivity contribution in [1.82, 2.24) is 25.0 Å². The molecular weight excluding hydrogens is 488 g/mol. The lowest BCUT2D eigenvalue weighted by atomic mass is 9.77. The summed E-state index contributed by atoms with van der Waals surface area (Å²) in [6, 6.07) is 4.04. The highest BCUT2D eigenvalue weighted by Crippen LogP contribution is 2.42. The van der Waals surface area contributed by atoms with Crippen LogP contribution in [-0.4, -0.2) is 88.9 Å². The Morgan fingerprint density at radius 2 is 1.97 bits per heavy atom. The van der Waals surface area contributed by atoms with Crippen LogP contribution in [0.2, 0.25) is 0 Å². The summed E-state index contributed by atoms with van der Waals surface area (Å²) in [5.41, 5.74) is 0.303. The summed E-state index contributed by atoms with van der Waals surface area (Å²) in [7, 11) is 0. The maximum atomic E-state index is 13.7. The average molecular weight is 527 g/mol. The van der Waals surface area contributed by atoms with E-state index < -0.39 is 0 Å². The zero-order valence-corrected chi connectivity index (χ0v) is 22.9. The van der Waals surface area contributed by atoms with E-state index in [1.165, 1.54) is 11.3 Å². The van der Waals surface area contributed by atoms with Gasteiger partial charge in [-0.3, -0.25) is 19.8 Å². The summed E-state index contributed by atoms with van der Waals surface area (Å²) in [6.07, 6.45) is 6.49. The fraction of sp³-hybridized carbons (Fsp3) is 0.630. The average Bonchev–Trinajstić information content (AvgIpc) is 3.41. The minimum absolute atomic E-state index is 0.0573. The van der Waals surface area contributed by atoms with Gasteiger partial charge < -0.3 is 15.1 Å². The van der Waals surface area contributed by atoms with Gasteiger partial charge in [0.2, 0.25) is 5.91 Å². The van der Waals surface area contributed by atoms with Crippen molar-refractivity contribution in [1.29, 1.82) is 0 Å². The van der Waals surface area contributed by atoms with E-state index in [0.717, 1.165) is 62.0 Å². The first-order valence-electron chi connectivity index (χ1n) is 13.6. The van der Waals surface area contributed by atoms with Crippen molar-refractivity contribution in [2.75, 3.05) is 44.6 Å². The number of carbonyl (C=O) groups excluding carboxylic acids is 3.